The van der Waals surface area contributed by atoms with Crippen LogP contribution in [0.25, 0.3) is 0 Å². The third-order valence-corrected chi connectivity index (χ3v) is 5.50. The van der Waals surface area contributed by atoms with E-state index in [4.69, 9.17) is 5.73 Å². The minimum absolute atomic E-state index is 0. The van der Waals surface area contributed by atoms with E-state index >= 15 is 0 Å². The van der Waals surface area contributed by atoms with Crippen LogP contribution in [0, 0.1) is 5.92 Å². The molecule has 2 saturated carbocycles. The summed E-state index contributed by atoms with van der Waals surface area (Å²) in [7, 11) is 0. The second-order valence-corrected chi connectivity index (χ2v) is 6.66. The molecular formula is C18H27ClN2O. The number of hydrogen-bond acceptors (Lipinski definition) is 2. The van der Waals surface area contributed by atoms with Gasteiger partial charge in [-0.2, -0.15) is 0 Å². The van der Waals surface area contributed by atoms with Gasteiger partial charge in [-0.1, -0.05) is 49.6 Å². The number of rotatable bonds is 4. The van der Waals surface area contributed by atoms with Gasteiger partial charge in [0, 0.05) is 6.04 Å². The van der Waals surface area contributed by atoms with Gasteiger partial charge in [-0.25, -0.2) is 0 Å². The molecule has 2 unspecified atom stereocenters. The third-order valence-electron chi connectivity index (χ3n) is 5.50. The molecule has 0 spiro atoms. The Morgan fingerprint density at radius 2 is 1.82 bits per heavy atom. The van der Waals surface area contributed by atoms with Gasteiger partial charge in [0.15, 0.2) is 0 Å². The van der Waals surface area contributed by atoms with Crippen molar-refractivity contribution in [2.75, 3.05) is 6.54 Å². The van der Waals surface area contributed by atoms with Crippen LogP contribution in [0.5, 0.6) is 0 Å². The summed E-state index contributed by atoms with van der Waals surface area (Å²) in [6.45, 7) is 0.684. The smallest absolute Gasteiger partial charge is 0.230 e. The molecular weight excluding hydrogens is 296 g/mol. The van der Waals surface area contributed by atoms with Gasteiger partial charge < -0.3 is 11.1 Å². The van der Waals surface area contributed by atoms with Crippen molar-refractivity contribution in [3.63, 3.8) is 0 Å². The van der Waals surface area contributed by atoms with Crippen LogP contribution in [0.15, 0.2) is 30.3 Å². The number of halogens is 1. The number of nitrogens with two attached hydrogens (primary N) is 1. The van der Waals surface area contributed by atoms with Crippen molar-refractivity contribution in [3.8, 4) is 0 Å². The molecule has 2 aliphatic carbocycles. The first kappa shape index (κ1) is 17.3. The Kier molecular flexibility index (Phi) is 5.87. The summed E-state index contributed by atoms with van der Waals surface area (Å²) in [5.41, 5.74) is 6.73. The minimum Gasteiger partial charge on any atom is -0.352 e. The van der Waals surface area contributed by atoms with E-state index in [9.17, 15) is 4.79 Å². The van der Waals surface area contributed by atoms with Crippen molar-refractivity contribution in [3.05, 3.63) is 35.9 Å². The lowest BCUT2D eigenvalue weighted by Crippen LogP contribution is -2.49. The molecule has 0 saturated heterocycles. The standard InChI is InChI=1S/C18H26N2O.ClH/c19-13-14-7-6-10-16(14)20-17(21)18(11-4-5-12-18)15-8-2-1-3-9-15;/h1-3,8-9,14,16H,4-7,10-13,19H2,(H,20,21);1H. The molecule has 1 amide bonds. The van der Waals surface area contributed by atoms with Gasteiger partial charge >= 0.3 is 0 Å². The van der Waals surface area contributed by atoms with E-state index in [-0.39, 0.29) is 29.8 Å². The molecule has 0 aromatic heterocycles. The fourth-order valence-corrected chi connectivity index (χ4v) is 4.20. The molecule has 0 heterocycles. The zero-order chi connectivity index (χ0) is 14.7. The van der Waals surface area contributed by atoms with Crippen LogP contribution >= 0.6 is 12.4 Å². The van der Waals surface area contributed by atoms with Crippen LogP contribution in [-0.4, -0.2) is 18.5 Å². The lowest BCUT2D eigenvalue weighted by molar-refractivity contribution is -0.127. The Labute approximate surface area is 139 Å². The minimum atomic E-state index is -0.303. The first-order chi connectivity index (χ1) is 10.3. The Morgan fingerprint density at radius 1 is 1.14 bits per heavy atom. The summed E-state index contributed by atoms with van der Waals surface area (Å²) < 4.78 is 0. The fraction of sp³-hybridized carbons (Fsp3) is 0.611. The topological polar surface area (TPSA) is 55.1 Å². The molecule has 2 fully saturated rings. The highest BCUT2D eigenvalue weighted by Gasteiger charge is 2.44. The summed E-state index contributed by atoms with van der Waals surface area (Å²) in [5, 5.41) is 3.34. The average Bonchev–Trinajstić information content (AvgIpc) is 3.17. The zero-order valence-corrected chi connectivity index (χ0v) is 13.9. The van der Waals surface area contributed by atoms with E-state index in [1.807, 2.05) is 18.2 Å². The molecule has 0 radical (unpaired) electrons. The van der Waals surface area contributed by atoms with Crippen LogP contribution in [0.4, 0.5) is 0 Å². The van der Waals surface area contributed by atoms with Gasteiger partial charge in [0.25, 0.3) is 0 Å². The third kappa shape index (κ3) is 3.16. The highest BCUT2D eigenvalue weighted by molar-refractivity contribution is 5.88. The fourth-order valence-electron chi connectivity index (χ4n) is 4.20. The largest absolute Gasteiger partial charge is 0.352 e. The average molecular weight is 323 g/mol. The highest BCUT2D eigenvalue weighted by atomic mass is 35.5. The Bertz CT molecular complexity index is 485. The quantitative estimate of drug-likeness (QED) is 0.894. The molecule has 22 heavy (non-hydrogen) atoms. The summed E-state index contributed by atoms with van der Waals surface area (Å²) in [6, 6.07) is 10.6. The van der Waals surface area contributed by atoms with Crippen molar-refractivity contribution >= 4 is 18.3 Å². The second-order valence-electron chi connectivity index (χ2n) is 6.66. The number of hydrogen-bond donors (Lipinski definition) is 2. The van der Waals surface area contributed by atoms with E-state index in [2.05, 4.69) is 17.4 Å². The molecule has 4 heteroatoms. The number of carbonyl (C=O) groups excluding carboxylic acids is 1. The molecule has 0 aliphatic heterocycles. The summed E-state index contributed by atoms with van der Waals surface area (Å²) in [6.07, 6.45) is 7.66. The number of amides is 1. The van der Waals surface area contributed by atoms with Crippen molar-refractivity contribution in [1.29, 1.82) is 0 Å². The Hall–Kier alpha value is -1.06. The van der Waals surface area contributed by atoms with Crippen molar-refractivity contribution < 1.29 is 4.79 Å². The molecule has 122 valence electrons. The van der Waals surface area contributed by atoms with E-state index < -0.39 is 0 Å². The van der Waals surface area contributed by atoms with Crippen LogP contribution < -0.4 is 11.1 Å². The van der Waals surface area contributed by atoms with E-state index in [1.165, 1.54) is 12.0 Å². The second kappa shape index (κ2) is 7.47. The first-order valence-corrected chi connectivity index (χ1v) is 8.33. The summed E-state index contributed by atoms with van der Waals surface area (Å²) >= 11 is 0. The molecule has 1 aromatic carbocycles. The SMILES string of the molecule is Cl.NCC1CCCC1NC(=O)C1(c2ccccc2)CCCC1. The Balaban J connectivity index is 0.00000176. The van der Waals surface area contributed by atoms with Crippen LogP contribution in [0.1, 0.15) is 50.5 Å². The van der Waals surface area contributed by atoms with Crippen molar-refractivity contribution in [2.24, 2.45) is 11.7 Å². The number of carbonyl (C=O) groups is 1. The summed E-state index contributed by atoms with van der Waals surface area (Å²) in [4.78, 5) is 13.0. The summed E-state index contributed by atoms with van der Waals surface area (Å²) in [5.74, 6) is 0.694. The Morgan fingerprint density at radius 3 is 2.45 bits per heavy atom. The monoisotopic (exact) mass is 322 g/mol. The number of benzene rings is 1. The van der Waals surface area contributed by atoms with Gasteiger partial charge in [0.05, 0.1) is 5.41 Å². The van der Waals surface area contributed by atoms with Crippen molar-refractivity contribution in [1.82, 2.24) is 5.32 Å². The molecule has 2 atom stereocenters. The van der Waals surface area contributed by atoms with E-state index in [1.54, 1.807) is 0 Å². The predicted octanol–water partition coefficient (Wildman–Crippen LogP) is 3.16. The van der Waals surface area contributed by atoms with Gasteiger partial charge in [0.1, 0.15) is 0 Å². The molecule has 0 bridgehead atoms. The molecule has 3 N–H and O–H groups in total. The lowest BCUT2D eigenvalue weighted by atomic mass is 9.77. The highest BCUT2D eigenvalue weighted by Crippen LogP contribution is 2.41. The zero-order valence-electron chi connectivity index (χ0n) is 13.1. The predicted molar refractivity (Wildman–Crippen MR) is 92.2 cm³/mol. The van der Waals surface area contributed by atoms with Crippen LogP contribution in [-0.2, 0) is 10.2 Å². The van der Waals surface area contributed by atoms with Crippen LogP contribution in [0.3, 0.4) is 0 Å². The van der Waals surface area contributed by atoms with Gasteiger partial charge in [-0.3, -0.25) is 4.79 Å². The normalized spacial score (nSPS) is 26.4. The maximum absolute atomic E-state index is 13.0. The number of nitrogens with one attached hydrogen (secondary N) is 1. The molecule has 3 rings (SSSR count). The first-order valence-electron chi connectivity index (χ1n) is 8.33. The molecule has 1 aromatic rings. The molecule has 3 nitrogen and oxygen atoms in total. The van der Waals surface area contributed by atoms with Gasteiger partial charge in [-0.15, -0.1) is 12.4 Å². The van der Waals surface area contributed by atoms with Gasteiger partial charge in [0.2, 0.25) is 5.91 Å². The lowest BCUT2D eigenvalue weighted by Gasteiger charge is -2.31. The molecule has 2 aliphatic rings. The van der Waals surface area contributed by atoms with E-state index in [0.29, 0.717) is 12.5 Å². The van der Waals surface area contributed by atoms with Crippen molar-refractivity contribution in [2.45, 2.75) is 56.4 Å². The van der Waals surface area contributed by atoms with Gasteiger partial charge in [-0.05, 0) is 43.7 Å². The van der Waals surface area contributed by atoms with Crippen LogP contribution in [0.2, 0.25) is 0 Å². The maximum Gasteiger partial charge on any atom is 0.230 e. The van der Waals surface area contributed by atoms with E-state index in [0.717, 1.165) is 38.5 Å². The maximum atomic E-state index is 13.0.